The molecule has 1 rings (SSSR count). The van der Waals surface area contributed by atoms with Gasteiger partial charge in [0.1, 0.15) is 12.4 Å². The molecule has 0 saturated heterocycles. The summed E-state index contributed by atoms with van der Waals surface area (Å²) in [5.41, 5.74) is 1.82. The lowest BCUT2D eigenvalue weighted by molar-refractivity contribution is 0.126. The highest BCUT2D eigenvalue weighted by Gasteiger charge is 2.10. The lowest BCUT2D eigenvalue weighted by Gasteiger charge is -2.22. The topological polar surface area (TPSA) is 62.2 Å². The molecule has 0 radical (unpaired) electrons. The van der Waals surface area contributed by atoms with Gasteiger partial charge in [-0.15, -0.1) is 0 Å². The fraction of sp³-hybridized carbons (Fsp3) is 0.500. The van der Waals surface area contributed by atoms with Gasteiger partial charge < -0.3 is 19.7 Å². The average Bonchev–Trinajstić information content (AvgIpc) is 2.51. The number of aliphatic hydroxyl groups is 2. The standard InChI is InChI=1S/C16H23NO4/c1-20-11-8-17(7-10-19)13-15-12-14(4-3-9-18)5-6-16(15)21-2/h5-6,12,18-19H,7-11,13H2,1-2H3. The first kappa shape index (κ1) is 17.5. The molecule has 0 atom stereocenters. The number of benzene rings is 1. The second kappa shape index (κ2) is 10.2. The lowest BCUT2D eigenvalue weighted by atomic mass is 10.1. The van der Waals surface area contributed by atoms with Crippen molar-refractivity contribution in [2.24, 2.45) is 0 Å². The average molecular weight is 293 g/mol. The lowest BCUT2D eigenvalue weighted by Crippen LogP contribution is -2.30. The second-order valence-corrected chi connectivity index (χ2v) is 4.48. The third kappa shape index (κ3) is 6.15. The minimum absolute atomic E-state index is 0.0933. The molecule has 5 nitrogen and oxygen atoms in total. The summed E-state index contributed by atoms with van der Waals surface area (Å²) in [6.45, 7) is 2.47. The van der Waals surface area contributed by atoms with E-state index in [9.17, 15) is 0 Å². The predicted molar refractivity (Wildman–Crippen MR) is 81.2 cm³/mol. The molecular weight excluding hydrogens is 270 g/mol. The van der Waals surface area contributed by atoms with Gasteiger partial charge >= 0.3 is 0 Å². The van der Waals surface area contributed by atoms with Crippen LogP contribution in [0.2, 0.25) is 0 Å². The second-order valence-electron chi connectivity index (χ2n) is 4.48. The van der Waals surface area contributed by atoms with Gasteiger partial charge in [-0.1, -0.05) is 11.8 Å². The summed E-state index contributed by atoms with van der Waals surface area (Å²) in [5, 5.41) is 17.9. The van der Waals surface area contributed by atoms with Crippen LogP contribution in [0.1, 0.15) is 11.1 Å². The molecule has 0 aromatic heterocycles. The van der Waals surface area contributed by atoms with E-state index in [-0.39, 0.29) is 13.2 Å². The van der Waals surface area contributed by atoms with Crippen molar-refractivity contribution < 1.29 is 19.7 Å². The molecule has 1 aromatic rings. The van der Waals surface area contributed by atoms with Crippen molar-refractivity contribution in [2.75, 3.05) is 47.1 Å². The summed E-state index contributed by atoms with van der Waals surface area (Å²) in [7, 11) is 3.28. The van der Waals surface area contributed by atoms with Crippen LogP contribution < -0.4 is 4.74 Å². The highest BCUT2D eigenvalue weighted by atomic mass is 16.5. The Balaban J connectivity index is 2.90. The molecular formula is C16H23NO4. The summed E-state index contributed by atoms with van der Waals surface area (Å²) in [5.74, 6) is 6.30. The minimum Gasteiger partial charge on any atom is -0.496 e. The summed E-state index contributed by atoms with van der Waals surface area (Å²) in [4.78, 5) is 2.09. The Labute approximate surface area is 126 Å². The number of hydrogen-bond acceptors (Lipinski definition) is 5. The number of aliphatic hydroxyl groups excluding tert-OH is 2. The van der Waals surface area contributed by atoms with Crippen LogP contribution in [0, 0.1) is 11.8 Å². The first-order chi connectivity index (χ1) is 10.2. The Kier molecular flexibility index (Phi) is 8.48. The summed E-state index contributed by atoms with van der Waals surface area (Å²) >= 11 is 0. The molecule has 0 amide bonds. The number of rotatable bonds is 8. The normalized spacial score (nSPS) is 10.3. The van der Waals surface area contributed by atoms with Crippen molar-refractivity contribution >= 4 is 0 Å². The van der Waals surface area contributed by atoms with Crippen LogP contribution in [0.3, 0.4) is 0 Å². The quantitative estimate of drug-likeness (QED) is 0.683. The van der Waals surface area contributed by atoms with Crippen molar-refractivity contribution in [3.05, 3.63) is 29.3 Å². The maximum Gasteiger partial charge on any atom is 0.123 e. The Morgan fingerprint density at radius 1 is 1.19 bits per heavy atom. The molecule has 0 fully saturated rings. The number of ether oxygens (including phenoxy) is 2. The van der Waals surface area contributed by atoms with Crippen LogP contribution in [-0.2, 0) is 11.3 Å². The van der Waals surface area contributed by atoms with Crippen molar-refractivity contribution in [2.45, 2.75) is 6.54 Å². The van der Waals surface area contributed by atoms with Gasteiger partial charge in [0.05, 0.1) is 20.3 Å². The molecule has 116 valence electrons. The molecule has 0 saturated carbocycles. The molecule has 0 aliphatic carbocycles. The zero-order valence-corrected chi connectivity index (χ0v) is 12.6. The van der Waals surface area contributed by atoms with E-state index in [2.05, 4.69) is 16.7 Å². The predicted octanol–water partition coefficient (Wildman–Crippen LogP) is 0.480. The number of nitrogens with zero attached hydrogens (tertiary/aromatic N) is 1. The van der Waals surface area contributed by atoms with Gasteiger partial charge in [-0.05, 0) is 18.2 Å². The fourth-order valence-corrected chi connectivity index (χ4v) is 1.99. The maximum absolute atomic E-state index is 9.15. The van der Waals surface area contributed by atoms with E-state index in [1.54, 1.807) is 14.2 Å². The molecule has 0 aliphatic rings. The third-order valence-corrected chi connectivity index (χ3v) is 3.01. The summed E-state index contributed by atoms with van der Waals surface area (Å²) in [6, 6.07) is 5.67. The van der Waals surface area contributed by atoms with E-state index >= 15 is 0 Å². The zero-order chi connectivity index (χ0) is 15.5. The molecule has 1 aromatic carbocycles. The SMILES string of the molecule is COCCN(CCO)Cc1cc(C#CCO)ccc1OC. The molecule has 2 N–H and O–H groups in total. The first-order valence-electron chi connectivity index (χ1n) is 6.84. The molecule has 0 spiro atoms. The van der Waals surface area contributed by atoms with Gasteiger partial charge in [0.25, 0.3) is 0 Å². The van der Waals surface area contributed by atoms with E-state index in [1.165, 1.54) is 0 Å². The fourth-order valence-electron chi connectivity index (χ4n) is 1.99. The minimum atomic E-state index is -0.161. The van der Waals surface area contributed by atoms with Gasteiger partial charge in [0, 0.05) is 37.9 Å². The van der Waals surface area contributed by atoms with Crippen LogP contribution in [0.4, 0.5) is 0 Å². The Hall–Kier alpha value is -1.58. The third-order valence-electron chi connectivity index (χ3n) is 3.01. The van der Waals surface area contributed by atoms with Crippen LogP contribution in [-0.4, -0.2) is 62.2 Å². The van der Waals surface area contributed by atoms with Crippen LogP contribution in [0.15, 0.2) is 18.2 Å². The van der Waals surface area contributed by atoms with Gasteiger partial charge in [-0.25, -0.2) is 0 Å². The summed E-state index contributed by atoms with van der Waals surface area (Å²) < 4.78 is 10.5. The molecule has 5 heteroatoms. The van der Waals surface area contributed by atoms with Crippen LogP contribution in [0.5, 0.6) is 5.75 Å². The van der Waals surface area contributed by atoms with Crippen LogP contribution >= 0.6 is 0 Å². The van der Waals surface area contributed by atoms with E-state index < -0.39 is 0 Å². The highest BCUT2D eigenvalue weighted by molar-refractivity contribution is 5.44. The zero-order valence-electron chi connectivity index (χ0n) is 12.6. The maximum atomic E-state index is 9.15. The molecule has 21 heavy (non-hydrogen) atoms. The smallest absolute Gasteiger partial charge is 0.123 e. The van der Waals surface area contributed by atoms with Gasteiger partial charge in [-0.3, -0.25) is 4.90 Å². The Bertz CT molecular complexity index is 479. The summed E-state index contributed by atoms with van der Waals surface area (Å²) in [6.07, 6.45) is 0. The van der Waals surface area contributed by atoms with E-state index in [4.69, 9.17) is 19.7 Å². The van der Waals surface area contributed by atoms with Crippen molar-refractivity contribution in [1.29, 1.82) is 0 Å². The molecule has 0 bridgehead atoms. The number of hydrogen-bond donors (Lipinski definition) is 2. The van der Waals surface area contributed by atoms with Crippen molar-refractivity contribution in [3.63, 3.8) is 0 Å². The molecule has 0 unspecified atom stereocenters. The highest BCUT2D eigenvalue weighted by Crippen LogP contribution is 2.21. The van der Waals surface area contributed by atoms with E-state index in [0.29, 0.717) is 19.7 Å². The van der Waals surface area contributed by atoms with E-state index in [0.717, 1.165) is 23.4 Å². The van der Waals surface area contributed by atoms with Gasteiger partial charge in [-0.2, -0.15) is 0 Å². The van der Waals surface area contributed by atoms with Gasteiger partial charge in [0.15, 0.2) is 0 Å². The monoisotopic (exact) mass is 293 g/mol. The number of methoxy groups -OCH3 is 2. The first-order valence-corrected chi connectivity index (χ1v) is 6.84. The van der Waals surface area contributed by atoms with Crippen molar-refractivity contribution in [3.8, 4) is 17.6 Å². The Morgan fingerprint density at radius 3 is 2.62 bits per heavy atom. The van der Waals surface area contributed by atoms with Gasteiger partial charge in [0.2, 0.25) is 0 Å². The molecule has 0 aliphatic heterocycles. The van der Waals surface area contributed by atoms with Crippen LogP contribution in [0.25, 0.3) is 0 Å². The Morgan fingerprint density at radius 2 is 2.00 bits per heavy atom. The van der Waals surface area contributed by atoms with E-state index in [1.807, 2.05) is 18.2 Å². The largest absolute Gasteiger partial charge is 0.496 e. The van der Waals surface area contributed by atoms with Crippen molar-refractivity contribution in [1.82, 2.24) is 4.90 Å². The molecule has 0 heterocycles.